The number of anilines is 1. The molecule has 1 atom stereocenters. The van der Waals surface area contributed by atoms with Crippen molar-refractivity contribution in [3.05, 3.63) is 34.4 Å². The molecule has 0 saturated heterocycles. The number of nitrogens with zero attached hydrogens (tertiary/aromatic N) is 2. The highest BCUT2D eigenvalue weighted by atomic mass is 32.2. The number of para-hydroxylation sites is 2. The van der Waals surface area contributed by atoms with Crippen molar-refractivity contribution in [1.29, 1.82) is 0 Å². The molecule has 0 aromatic heterocycles. The molecule has 0 N–H and O–H groups in total. The second-order valence-corrected chi connectivity index (χ2v) is 5.23. The zero-order chi connectivity index (χ0) is 13.2. The standard InChI is InChI=1S/C10H14N2O4S/c1-10(2,3)11(17(15)16)8-6-4-5-7-9(8)12(13)14/h4-7H,1-3H3,(H,15,16)/p-1. The van der Waals surface area contributed by atoms with Crippen molar-refractivity contribution in [2.45, 2.75) is 26.3 Å². The van der Waals surface area contributed by atoms with Gasteiger partial charge in [-0.2, -0.15) is 0 Å². The molecule has 0 heterocycles. The van der Waals surface area contributed by atoms with Gasteiger partial charge >= 0.3 is 0 Å². The van der Waals surface area contributed by atoms with E-state index < -0.39 is 21.7 Å². The minimum absolute atomic E-state index is 0.0679. The van der Waals surface area contributed by atoms with Crippen LogP contribution in [0.5, 0.6) is 0 Å². The summed E-state index contributed by atoms with van der Waals surface area (Å²) < 4.78 is 23.4. The summed E-state index contributed by atoms with van der Waals surface area (Å²) in [6, 6.07) is 5.75. The third kappa shape index (κ3) is 3.01. The zero-order valence-corrected chi connectivity index (χ0v) is 10.6. The molecule has 1 aromatic carbocycles. The lowest BCUT2D eigenvalue weighted by molar-refractivity contribution is -0.384. The number of hydrogen-bond donors (Lipinski definition) is 0. The quantitative estimate of drug-likeness (QED) is 0.470. The van der Waals surface area contributed by atoms with E-state index in [0.717, 1.165) is 4.31 Å². The molecule has 0 amide bonds. The molecular weight excluding hydrogens is 244 g/mol. The Hall–Kier alpha value is -1.47. The molecule has 6 nitrogen and oxygen atoms in total. The van der Waals surface area contributed by atoms with Crippen LogP contribution in [-0.4, -0.2) is 19.2 Å². The zero-order valence-electron chi connectivity index (χ0n) is 9.75. The molecule has 0 aliphatic carbocycles. The topological polar surface area (TPSA) is 86.5 Å². The van der Waals surface area contributed by atoms with E-state index in [4.69, 9.17) is 0 Å². The Morgan fingerprint density at radius 3 is 2.24 bits per heavy atom. The fourth-order valence-corrected chi connectivity index (χ4v) is 2.22. The Morgan fingerprint density at radius 2 is 1.82 bits per heavy atom. The van der Waals surface area contributed by atoms with Crippen molar-refractivity contribution in [3.8, 4) is 0 Å². The van der Waals surface area contributed by atoms with Gasteiger partial charge in [0.1, 0.15) is 5.69 Å². The molecule has 0 aliphatic rings. The smallest absolute Gasteiger partial charge is 0.293 e. The van der Waals surface area contributed by atoms with Crippen LogP contribution in [0, 0.1) is 10.1 Å². The Bertz CT molecular complexity index is 456. The maximum absolute atomic E-state index is 11.2. The maximum Gasteiger partial charge on any atom is 0.293 e. The van der Waals surface area contributed by atoms with Crippen LogP contribution in [0.2, 0.25) is 0 Å². The number of rotatable bonds is 3. The second-order valence-electron chi connectivity index (χ2n) is 4.43. The van der Waals surface area contributed by atoms with Crippen LogP contribution in [0.3, 0.4) is 0 Å². The van der Waals surface area contributed by atoms with Gasteiger partial charge < -0.3 is 4.55 Å². The summed E-state index contributed by atoms with van der Waals surface area (Å²) >= 11 is -2.57. The molecule has 0 radical (unpaired) electrons. The van der Waals surface area contributed by atoms with Crippen molar-refractivity contribution in [2.75, 3.05) is 4.31 Å². The van der Waals surface area contributed by atoms with Crippen LogP contribution < -0.4 is 4.31 Å². The summed E-state index contributed by atoms with van der Waals surface area (Å²) in [6.07, 6.45) is 0. The molecule has 1 rings (SSSR count). The first-order chi connectivity index (χ1) is 7.75. The first-order valence-electron chi connectivity index (χ1n) is 4.88. The van der Waals surface area contributed by atoms with E-state index in [0.29, 0.717) is 0 Å². The maximum atomic E-state index is 11.2. The van der Waals surface area contributed by atoms with Gasteiger partial charge in [0.2, 0.25) is 0 Å². The molecule has 0 bridgehead atoms. The number of hydrogen-bond acceptors (Lipinski definition) is 4. The molecule has 0 spiro atoms. The lowest BCUT2D eigenvalue weighted by Crippen LogP contribution is -2.42. The largest absolute Gasteiger partial charge is 0.755 e. The Labute approximate surface area is 102 Å². The highest BCUT2D eigenvalue weighted by Crippen LogP contribution is 2.33. The minimum Gasteiger partial charge on any atom is -0.755 e. The van der Waals surface area contributed by atoms with E-state index >= 15 is 0 Å². The summed E-state index contributed by atoms with van der Waals surface area (Å²) in [5.41, 5.74) is -0.927. The Morgan fingerprint density at radius 1 is 1.29 bits per heavy atom. The fourth-order valence-electron chi connectivity index (χ4n) is 1.46. The van der Waals surface area contributed by atoms with Crippen LogP contribution in [0.25, 0.3) is 0 Å². The van der Waals surface area contributed by atoms with Gasteiger partial charge in [-0.05, 0) is 26.8 Å². The van der Waals surface area contributed by atoms with Crippen molar-refractivity contribution in [3.63, 3.8) is 0 Å². The van der Waals surface area contributed by atoms with Gasteiger partial charge in [0.15, 0.2) is 0 Å². The van der Waals surface area contributed by atoms with Crippen LogP contribution in [0.1, 0.15) is 20.8 Å². The van der Waals surface area contributed by atoms with E-state index in [9.17, 15) is 18.9 Å². The molecule has 1 unspecified atom stereocenters. The van der Waals surface area contributed by atoms with Gasteiger partial charge in [0.25, 0.3) is 5.69 Å². The van der Waals surface area contributed by atoms with Crippen LogP contribution >= 0.6 is 0 Å². The van der Waals surface area contributed by atoms with E-state index in [2.05, 4.69) is 0 Å². The van der Waals surface area contributed by atoms with E-state index in [1.165, 1.54) is 18.2 Å². The van der Waals surface area contributed by atoms with E-state index in [1.54, 1.807) is 26.8 Å². The van der Waals surface area contributed by atoms with Crippen molar-refractivity contribution in [2.24, 2.45) is 0 Å². The molecule has 0 fully saturated rings. The fraction of sp³-hybridized carbons (Fsp3) is 0.400. The summed E-state index contributed by atoms with van der Waals surface area (Å²) in [5, 5.41) is 10.9. The lowest BCUT2D eigenvalue weighted by atomic mass is 10.1. The average Bonchev–Trinajstić information content (AvgIpc) is 2.15. The van der Waals surface area contributed by atoms with Gasteiger partial charge in [0, 0.05) is 22.9 Å². The van der Waals surface area contributed by atoms with Gasteiger partial charge in [-0.3, -0.25) is 18.6 Å². The average molecular weight is 257 g/mol. The minimum atomic E-state index is -2.57. The molecular formula is C10H13N2O4S-. The van der Waals surface area contributed by atoms with Gasteiger partial charge in [-0.1, -0.05) is 12.1 Å². The summed E-state index contributed by atoms with van der Waals surface area (Å²) in [6.45, 7) is 5.00. The SMILES string of the molecule is CC(C)(C)N(c1ccccc1[N+](=O)[O-])S(=O)[O-]. The normalized spacial score (nSPS) is 13.2. The third-order valence-corrected chi connectivity index (χ3v) is 3.10. The van der Waals surface area contributed by atoms with Crippen molar-refractivity contribution in [1.82, 2.24) is 0 Å². The Balaban J connectivity index is 3.39. The number of nitro groups is 1. The highest BCUT2D eigenvalue weighted by molar-refractivity contribution is 7.80. The van der Waals surface area contributed by atoms with Crippen LogP contribution in [0.4, 0.5) is 11.4 Å². The second kappa shape index (κ2) is 4.80. The molecule has 7 heteroatoms. The van der Waals surface area contributed by atoms with E-state index in [1.807, 2.05) is 0 Å². The molecule has 94 valence electrons. The summed E-state index contributed by atoms with van der Waals surface area (Å²) in [4.78, 5) is 10.3. The van der Waals surface area contributed by atoms with Gasteiger partial charge in [-0.15, -0.1) is 0 Å². The number of benzene rings is 1. The summed E-state index contributed by atoms with van der Waals surface area (Å²) in [5.74, 6) is 0. The Kier molecular flexibility index (Phi) is 3.84. The predicted molar refractivity (Wildman–Crippen MR) is 64.2 cm³/mol. The first kappa shape index (κ1) is 13.6. The number of nitro benzene ring substituents is 1. The molecule has 1 aromatic rings. The predicted octanol–water partition coefficient (Wildman–Crippen LogP) is 1.99. The monoisotopic (exact) mass is 257 g/mol. The van der Waals surface area contributed by atoms with E-state index in [-0.39, 0.29) is 11.4 Å². The van der Waals surface area contributed by atoms with Crippen molar-refractivity contribution >= 4 is 22.6 Å². The highest BCUT2D eigenvalue weighted by Gasteiger charge is 2.28. The van der Waals surface area contributed by atoms with Crippen LogP contribution in [-0.2, 0) is 11.3 Å². The van der Waals surface area contributed by atoms with Gasteiger partial charge in [0.05, 0.1) is 4.92 Å². The van der Waals surface area contributed by atoms with Gasteiger partial charge in [-0.25, -0.2) is 0 Å². The summed E-state index contributed by atoms with van der Waals surface area (Å²) in [7, 11) is 0. The molecule has 17 heavy (non-hydrogen) atoms. The van der Waals surface area contributed by atoms with Crippen LogP contribution in [0.15, 0.2) is 24.3 Å². The lowest BCUT2D eigenvalue weighted by Gasteiger charge is -2.37. The van der Waals surface area contributed by atoms with Crippen molar-refractivity contribution < 1.29 is 13.7 Å². The third-order valence-electron chi connectivity index (χ3n) is 2.06. The molecule has 0 saturated carbocycles. The first-order valence-corrected chi connectivity index (χ1v) is 5.91. The molecule has 0 aliphatic heterocycles.